The molecule has 1 atom stereocenters. The highest BCUT2D eigenvalue weighted by atomic mass is 79.9. The molecule has 19 heavy (non-hydrogen) atoms. The smallest absolute Gasteiger partial charge is 0.0996 e. The van der Waals surface area contributed by atoms with E-state index in [-0.39, 0.29) is 6.04 Å². The monoisotopic (exact) mass is 381 g/mol. The summed E-state index contributed by atoms with van der Waals surface area (Å²) in [4.78, 5) is 0. The summed E-state index contributed by atoms with van der Waals surface area (Å²) in [5.41, 5.74) is 2.04. The SMILES string of the molecule is CCCNC(c1cc(Cl)sc1Cl)c1c(Br)cnn1C. The van der Waals surface area contributed by atoms with Gasteiger partial charge in [0.2, 0.25) is 0 Å². The Morgan fingerprint density at radius 3 is 2.74 bits per heavy atom. The molecule has 3 nitrogen and oxygen atoms in total. The van der Waals surface area contributed by atoms with Crippen LogP contribution in [0.25, 0.3) is 0 Å². The molecule has 0 aliphatic heterocycles. The molecule has 1 unspecified atom stereocenters. The van der Waals surface area contributed by atoms with Crippen molar-refractivity contribution in [2.75, 3.05) is 6.54 Å². The number of rotatable bonds is 5. The largest absolute Gasteiger partial charge is 0.305 e. The van der Waals surface area contributed by atoms with Gasteiger partial charge in [-0.2, -0.15) is 5.10 Å². The van der Waals surface area contributed by atoms with Crippen molar-refractivity contribution < 1.29 is 0 Å². The van der Waals surface area contributed by atoms with Crippen LogP contribution in [0, 0.1) is 0 Å². The van der Waals surface area contributed by atoms with Crippen molar-refractivity contribution in [2.24, 2.45) is 7.05 Å². The van der Waals surface area contributed by atoms with Crippen molar-refractivity contribution >= 4 is 50.5 Å². The molecular formula is C12H14BrCl2N3S. The summed E-state index contributed by atoms with van der Waals surface area (Å²) in [5.74, 6) is 0. The van der Waals surface area contributed by atoms with Gasteiger partial charge in [-0.1, -0.05) is 30.1 Å². The summed E-state index contributed by atoms with van der Waals surface area (Å²) < 4.78 is 4.22. The van der Waals surface area contributed by atoms with Crippen molar-refractivity contribution in [2.45, 2.75) is 19.4 Å². The number of hydrogen-bond donors (Lipinski definition) is 1. The normalized spacial score (nSPS) is 12.9. The second-order valence-corrected chi connectivity index (χ2v) is 7.31. The second kappa shape index (κ2) is 6.59. The standard InChI is InChI=1S/C12H14BrCl2N3S/c1-3-4-16-10(7-5-9(14)19-12(7)15)11-8(13)6-17-18(11)2/h5-6,10,16H,3-4H2,1-2H3. The van der Waals surface area contributed by atoms with E-state index in [9.17, 15) is 0 Å². The van der Waals surface area contributed by atoms with E-state index in [1.54, 1.807) is 6.20 Å². The second-order valence-electron chi connectivity index (χ2n) is 4.17. The summed E-state index contributed by atoms with van der Waals surface area (Å²) in [6.45, 7) is 3.02. The number of nitrogens with zero attached hydrogens (tertiary/aromatic N) is 2. The van der Waals surface area contributed by atoms with Crippen molar-refractivity contribution in [1.29, 1.82) is 0 Å². The van der Waals surface area contributed by atoms with E-state index in [0.29, 0.717) is 8.67 Å². The highest BCUT2D eigenvalue weighted by Gasteiger charge is 2.24. The first-order valence-corrected chi connectivity index (χ1v) is 8.26. The van der Waals surface area contributed by atoms with Crippen LogP contribution < -0.4 is 5.32 Å². The minimum Gasteiger partial charge on any atom is -0.305 e. The Balaban J connectivity index is 2.44. The van der Waals surface area contributed by atoms with E-state index < -0.39 is 0 Å². The van der Waals surface area contributed by atoms with Crippen LogP contribution in [0.15, 0.2) is 16.7 Å². The Labute approximate surface area is 135 Å². The Hall–Kier alpha value is -0.0700. The molecule has 0 radical (unpaired) electrons. The van der Waals surface area contributed by atoms with Crippen molar-refractivity contribution in [3.8, 4) is 0 Å². The maximum absolute atomic E-state index is 6.29. The summed E-state index contributed by atoms with van der Waals surface area (Å²) in [5, 5.41) is 7.76. The van der Waals surface area contributed by atoms with Crippen molar-refractivity contribution in [3.05, 3.63) is 36.7 Å². The van der Waals surface area contributed by atoms with Gasteiger partial charge in [-0.05, 0) is 35.0 Å². The first kappa shape index (κ1) is 15.3. The predicted molar refractivity (Wildman–Crippen MR) is 85.4 cm³/mol. The molecule has 2 aromatic rings. The summed E-state index contributed by atoms with van der Waals surface area (Å²) in [6, 6.07) is 1.90. The molecule has 2 heterocycles. The summed E-state index contributed by atoms with van der Waals surface area (Å²) in [6.07, 6.45) is 2.83. The topological polar surface area (TPSA) is 29.9 Å². The van der Waals surface area contributed by atoms with Gasteiger partial charge < -0.3 is 5.32 Å². The Bertz CT molecular complexity index is 548. The number of aromatic nitrogens is 2. The van der Waals surface area contributed by atoms with Gasteiger partial charge >= 0.3 is 0 Å². The highest BCUT2D eigenvalue weighted by Crippen LogP contribution is 2.39. The van der Waals surface area contributed by atoms with Crippen molar-refractivity contribution in [1.82, 2.24) is 15.1 Å². The zero-order chi connectivity index (χ0) is 14.0. The van der Waals surface area contributed by atoms with Gasteiger partial charge in [0.1, 0.15) is 0 Å². The molecule has 0 fully saturated rings. The van der Waals surface area contributed by atoms with Crippen LogP contribution in [-0.2, 0) is 7.05 Å². The zero-order valence-corrected chi connectivity index (χ0v) is 14.5. The molecule has 0 saturated carbocycles. The molecular weight excluding hydrogens is 369 g/mol. The maximum Gasteiger partial charge on any atom is 0.0996 e. The third-order valence-corrected chi connectivity index (χ3v) is 4.93. The molecule has 0 spiro atoms. The van der Waals surface area contributed by atoms with Gasteiger partial charge in [-0.3, -0.25) is 4.68 Å². The fourth-order valence-electron chi connectivity index (χ4n) is 1.94. The molecule has 1 N–H and O–H groups in total. The van der Waals surface area contributed by atoms with Crippen molar-refractivity contribution in [3.63, 3.8) is 0 Å². The van der Waals surface area contributed by atoms with Gasteiger partial charge in [0.25, 0.3) is 0 Å². The van der Waals surface area contributed by atoms with Gasteiger partial charge in [0, 0.05) is 12.6 Å². The quantitative estimate of drug-likeness (QED) is 0.816. The molecule has 0 aromatic carbocycles. The molecule has 104 valence electrons. The molecule has 0 amide bonds. The Kier molecular flexibility index (Phi) is 5.31. The van der Waals surface area contributed by atoms with E-state index in [0.717, 1.165) is 28.7 Å². The first-order chi connectivity index (χ1) is 9.04. The van der Waals surface area contributed by atoms with E-state index in [2.05, 4.69) is 33.3 Å². The lowest BCUT2D eigenvalue weighted by atomic mass is 10.1. The average Bonchev–Trinajstić information content (AvgIpc) is 2.85. The third-order valence-electron chi connectivity index (χ3n) is 2.80. The zero-order valence-electron chi connectivity index (χ0n) is 10.6. The Morgan fingerprint density at radius 1 is 1.53 bits per heavy atom. The lowest BCUT2D eigenvalue weighted by molar-refractivity contribution is 0.553. The van der Waals surface area contributed by atoms with Crippen LogP contribution in [0.3, 0.4) is 0 Å². The lowest BCUT2D eigenvalue weighted by Crippen LogP contribution is -2.25. The van der Waals surface area contributed by atoms with E-state index in [4.69, 9.17) is 23.2 Å². The maximum atomic E-state index is 6.29. The van der Waals surface area contributed by atoms with E-state index >= 15 is 0 Å². The summed E-state index contributed by atoms with van der Waals surface area (Å²) in [7, 11) is 1.92. The fourth-order valence-corrected chi connectivity index (χ4v) is 4.05. The molecule has 0 saturated heterocycles. The summed E-state index contributed by atoms with van der Waals surface area (Å²) >= 11 is 17.3. The van der Waals surface area contributed by atoms with E-state index in [1.165, 1.54) is 11.3 Å². The van der Waals surface area contributed by atoms with Crippen LogP contribution in [-0.4, -0.2) is 16.3 Å². The molecule has 7 heteroatoms. The molecule has 0 aliphatic rings. The first-order valence-electron chi connectivity index (χ1n) is 5.90. The fraction of sp³-hybridized carbons (Fsp3) is 0.417. The van der Waals surface area contributed by atoms with Gasteiger partial charge in [-0.15, -0.1) is 11.3 Å². The minimum atomic E-state index is -0.0157. The molecule has 2 aromatic heterocycles. The number of hydrogen-bond acceptors (Lipinski definition) is 3. The van der Waals surface area contributed by atoms with Gasteiger partial charge in [-0.25, -0.2) is 0 Å². The molecule has 0 aliphatic carbocycles. The van der Waals surface area contributed by atoms with Crippen LogP contribution >= 0.6 is 50.5 Å². The van der Waals surface area contributed by atoms with Gasteiger partial charge in [0.05, 0.1) is 31.1 Å². The Morgan fingerprint density at radius 2 is 2.26 bits per heavy atom. The highest BCUT2D eigenvalue weighted by molar-refractivity contribution is 9.10. The number of nitrogens with one attached hydrogen (secondary N) is 1. The van der Waals surface area contributed by atoms with Crippen LogP contribution in [0.1, 0.15) is 30.6 Å². The van der Waals surface area contributed by atoms with Gasteiger partial charge in [0.15, 0.2) is 0 Å². The van der Waals surface area contributed by atoms with Crippen LogP contribution in [0.5, 0.6) is 0 Å². The van der Waals surface area contributed by atoms with Crippen LogP contribution in [0.4, 0.5) is 0 Å². The molecule has 2 rings (SSSR count). The third kappa shape index (κ3) is 3.34. The number of halogens is 3. The number of thiophene rings is 1. The predicted octanol–water partition coefficient (Wildman–Crippen LogP) is 4.64. The average molecular weight is 383 g/mol. The van der Waals surface area contributed by atoms with Crippen LogP contribution in [0.2, 0.25) is 8.67 Å². The molecule has 0 bridgehead atoms. The van der Waals surface area contributed by atoms with E-state index in [1.807, 2.05) is 17.8 Å². The minimum absolute atomic E-state index is 0.0157. The lowest BCUT2D eigenvalue weighted by Gasteiger charge is -2.19. The number of aryl methyl sites for hydroxylation is 1.